The quantitative estimate of drug-likeness (QED) is 0.490. The first-order chi connectivity index (χ1) is 13.2. The highest BCUT2D eigenvalue weighted by atomic mass is 32.2. The Kier molecular flexibility index (Phi) is 7.69. The molecule has 0 aliphatic rings. The SMILES string of the molecule is NC(=O)Sc1cc(-c2ccccc2)c(SC(N)=O)c(SC(N)=O)c1SC(N)=O. The minimum absolute atomic E-state index is 0.198. The van der Waals surface area contributed by atoms with Crippen LogP contribution in [0.2, 0.25) is 0 Å². The van der Waals surface area contributed by atoms with E-state index in [0.29, 0.717) is 68.0 Å². The van der Waals surface area contributed by atoms with Crippen molar-refractivity contribution in [1.82, 2.24) is 0 Å². The van der Waals surface area contributed by atoms with Crippen LogP contribution in [0, 0.1) is 0 Å². The molecule has 0 spiro atoms. The summed E-state index contributed by atoms with van der Waals surface area (Å²) in [4.78, 5) is 47.4. The van der Waals surface area contributed by atoms with Crippen LogP contribution < -0.4 is 22.9 Å². The lowest BCUT2D eigenvalue weighted by Gasteiger charge is -2.18. The molecule has 28 heavy (non-hydrogen) atoms. The molecule has 0 bridgehead atoms. The van der Waals surface area contributed by atoms with E-state index in [1.54, 1.807) is 36.4 Å². The molecular formula is C16H14N4O4S4. The molecule has 0 saturated carbocycles. The van der Waals surface area contributed by atoms with Crippen LogP contribution in [-0.4, -0.2) is 21.0 Å². The molecule has 2 rings (SSSR count). The van der Waals surface area contributed by atoms with Crippen molar-refractivity contribution >= 4 is 68.0 Å². The van der Waals surface area contributed by atoms with E-state index in [9.17, 15) is 19.2 Å². The highest BCUT2D eigenvalue weighted by Crippen LogP contribution is 2.48. The lowest BCUT2D eigenvalue weighted by Crippen LogP contribution is -2.10. The predicted molar refractivity (Wildman–Crippen MR) is 114 cm³/mol. The van der Waals surface area contributed by atoms with Crippen molar-refractivity contribution in [2.24, 2.45) is 22.9 Å². The highest BCUT2D eigenvalue weighted by molar-refractivity contribution is 8.18. The number of carbonyl (C=O) groups is 4. The molecule has 8 N–H and O–H groups in total. The molecule has 0 saturated heterocycles. The van der Waals surface area contributed by atoms with Crippen LogP contribution >= 0.6 is 47.0 Å². The van der Waals surface area contributed by atoms with Gasteiger partial charge in [-0.05, 0) is 64.2 Å². The predicted octanol–water partition coefficient (Wildman–Crippen LogP) is 4.04. The van der Waals surface area contributed by atoms with Crippen LogP contribution in [0.4, 0.5) is 19.2 Å². The third-order valence-corrected chi connectivity index (χ3v) is 6.66. The molecule has 146 valence electrons. The van der Waals surface area contributed by atoms with E-state index in [1.165, 1.54) is 0 Å². The summed E-state index contributed by atoms with van der Waals surface area (Å²) in [7, 11) is 0. The van der Waals surface area contributed by atoms with E-state index >= 15 is 0 Å². The Morgan fingerprint density at radius 1 is 0.607 bits per heavy atom. The molecule has 2 aromatic rings. The number of hydrogen-bond acceptors (Lipinski definition) is 8. The summed E-state index contributed by atoms with van der Waals surface area (Å²) >= 11 is 2.54. The number of nitrogens with two attached hydrogens (primary N) is 4. The van der Waals surface area contributed by atoms with Crippen molar-refractivity contribution < 1.29 is 19.2 Å². The fraction of sp³-hybridized carbons (Fsp3) is 0. The van der Waals surface area contributed by atoms with E-state index in [1.807, 2.05) is 0 Å². The van der Waals surface area contributed by atoms with Crippen molar-refractivity contribution in [2.75, 3.05) is 0 Å². The zero-order valence-corrected chi connectivity index (χ0v) is 17.3. The summed E-state index contributed by atoms with van der Waals surface area (Å²) in [6.07, 6.45) is 0. The number of primary amides is 4. The van der Waals surface area contributed by atoms with Gasteiger partial charge in [-0.1, -0.05) is 30.3 Å². The third-order valence-electron chi connectivity index (χ3n) is 3.06. The zero-order chi connectivity index (χ0) is 20.8. The summed E-state index contributed by atoms with van der Waals surface area (Å²) in [6.45, 7) is 0. The minimum Gasteiger partial charge on any atom is -0.360 e. The first-order valence-electron chi connectivity index (χ1n) is 7.34. The van der Waals surface area contributed by atoms with Crippen LogP contribution in [0.15, 0.2) is 56.0 Å². The maximum atomic E-state index is 11.7. The van der Waals surface area contributed by atoms with Crippen molar-refractivity contribution in [3.05, 3.63) is 36.4 Å². The molecule has 2 aromatic carbocycles. The molecule has 0 radical (unpaired) electrons. The maximum absolute atomic E-state index is 11.7. The molecule has 0 aliphatic carbocycles. The number of amides is 4. The van der Waals surface area contributed by atoms with Gasteiger partial charge in [-0.25, -0.2) is 0 Å². The Bertz CT molecular complexity index is 953. The fourth-order valence-electron chi connectivity index (χ4n) is 2.21. The topological polar surface area (TPSA) is 172 Å². The Morgan fingerprint density at radius 2 is 1.07 bits per heavy atom. The average Bonchev–Trinajstić information content (AvgIpc) is 2.59. The number of carbonyl (C=O) groups excluding carboxylic acids is 4. The molecule has 8 nitrogen and oxygen atoms in total. The Hall–Kier alpha value is -2.28. The van der Waals surface area contributed by atoms with Crippen molar-refractivity contribution in [3.8, 4) is 11.1 Å². The standard InChI is InChI=1S/C16H14N4O4S4/c17-13(21)25-9-6-8(7-4-2-1-3-5-7)10(26-14(18)22)12(28-16(20)24)11(9)27-15(19)23/h1-6H,(H2,17,21)(H2,18,22)(H2,19,23)(H2,20,24). The zero-order valence-electron chi connectivity index (χ0n) is 14.0. The molecule has 0 heterocycles. The van der Waals surface area contributed by atoms with E-state index < -0.39 is 21.0 Å². The molecule has 4 amide bonds. The van der Waals surface area contributed by atoms with Gasteiger partial charge in [0.05, 0.1) is 0 Å². The molecule has 0 atom stereocenters. The number of rotatable bonds is 5. The summed E-state index contributed by atoms with van der Waals surface area (Å²) in [6, 6.07) is 10.5. The first kappa shape index (κ1) is 22.0. The third kappa shape index (κ3) is 5.86. The molecule has 0 aliphatic heterocycles. The summed E-state index contributed by atoms with van der Waals surface area (Å²) < 4.78 is 0. The van der Waals surface area contributed by atoms with Gasteiger partial charge in [0.1, 0.15) is 0 Å². The monoisotopic (exact) mass is 454 g/mol. The van der Waals surface area contributed by atoms with Crippen molar-refractivity contribution in [2.45, 2.75) is 19.6 Å². The lowest BCUT2D eigenvalue weighted by molar-refractivity contribution is 0.266. The molecular weight excluding hydrogens is 440 g/mol. The Morgan fingerprint density at radius 3 is 1.57 bits per heavy atom. The summed E-state index contributed by atoms with van der Waals surface area (Å²) in [5.74, 6) is 0. The molecule has 0 unspecified atom stereocenters. The van der Waals surface area contributed by atoms with Gasteiger partial charge in [0.2, 0.25) is 0 Å². The average molecular weight is 455 g/mol. The van der Waals surface area contributed by atoms with Gasteiger partial charge < -0.3 is 22.9 Å². The van der Waals surface area contributed by atoms with Crippen LogP contribution in [0.3, 0.4) is 0 Å². The van der Waals surface area contributed by atoms with Crippen molar-refractivity contribution in [1.29, 1.82) is 0 Å². The lowest BCUT2D eigenvalue weighted by atomic mass is 10.1. The van der Waals surface area contributed by atoms with Gasteiger partial charge >= 0.3 is 0 Å². The smallest absolute Gasteiger partial charge is 0.281 e. The van der Waals surface area contributed by atoms with Gasteiger partial charge in [0.15, 0.2) is 0 Å². The molecule has 12 heteroatoms. The van der Waals surface area contributed by atoms with E-state index in [2.05, 4.69) is 0 Å². The second-order valence-electron chi connectivity index (χ2n) is 4.96. The van der Waals surface area contributed by atoms with Gasteiger partial charge in [0, 0.05) is 19.6 Å². The highest BCUT2D eigenvalue weighted by Gasteiger charge is 2.25. The van der Waals surface area contributed by atoms with Crippen LogP contribution in [0.1, 0.15) is 0 Å². The van der Waals surface area contributed by atoms with Gasteiger partial charge in [-0.3, -0.25) is 19.2 Å². The largest absolute Gasteiger partial charge is 0.360 e. The molecule has 0 aromatic heterocycles. The van der Waals surface area contributed by atoms with E-state index in [-0.39, 0.29) is 9.79 Å². The maximum Gasteiger partial charge on any atom is 0.281 e. The van der Waals surface area contributed by atoms with E-state index in [4.69, 9.17) is 22.9 Å². The van der Waals surface area contributed by atoms with Gasteiger partial charge in [-0.15, -0.1) is 0 Å². The summed E-state index contributed by atoms with van der Waals surface area (Å²) in [5.41, 5.74) is 22.5. The van der Waals surface area contributed by atoms with E-state index in [0.717, 1.165) is 0 Å². The number of thioether (sulfide) groups is 4. The fourth-order valence-corrected chi connectivity index (χ4v) is 5.52. The number of benzene rings is 2. The van der Waals surface area contributed by atoms with Crippen LogP contribution in [0.5, 0.6) is 0 Å². The normalized spacial score (nSPS) is 10.4. The Balaban J connectivity index is 2.89. The number of hydrogen-bond donors (Lipinski definition) is 4. The second kappa shape index (κ2) is 9.78. The Labute approximate surface area is 176 Å². The van der Waals surface area contributed by atoms with Gasteiger partial charge in [-0.2, -0.15) is 0 Å². The minimum atomic E-state index is -0.780. The van der Waals surface area contributed by atoms with Crippen LogP contribution in [0.25, 0.3) is 11.1 Å². The van der Waals surface area contributed by atoms with Crippen LogP contribution in [-0.2, 0) is 0 Å². The van der Waals surface area contributed by atoms with Gasteiger partial charge in [0.25, 0.3) is 21.0 Å². The summed E-state index contributed by atoms with van der Waals surface area (Å²) in [5, 5.41) is -3.01. The second-order valence-corrected chi connectivity index (χ2v) is 9.05. The molecule has 0 fully saturated rings. The van der Waals surface area contributed by atoms with Crippen molar-refractivity contribution in [3.63, 3.8) is 0 Å². The first-order valence-corrected chi connectivity index (χ1v) is 10.6.